The first-order chi connectivity index (χ1) is 9.58. The van der Waals surface area contributed by atoms with E-state index in [4.69, 9.17) is 16.3 Å². The highest BCUT2D eigenvalue weighted by Crippen LogP contribution is 2.45. The molecule has 0 radical (unpaired) electrons. The molecule has 1 aromatic heterocycles. The van der Waals surface area contributed by atoms with Gasteiger partial charge in [0, 0.05) is 12.6 Å². The zero-order valence-corrected chi connectivity index (χ0v) is 12.5. The summed E-state index contributed by atoms with van der Waals surface area (Å²) in [6.07, 6.45) is 4.56. The van der Waals surface area contributed by atoms with Crippen molar-refractivity contribution in [1.82, 2.24) is 9.97 Å². The van der Waals surface area contributed by atoms with Crippen LogP contribution < -0.4 is 4.90 Å². The molecule has 6 heteroatoms. The van der Waals surface area contributed by atoms with Crippen molar-refractivity contribution in [2.24, 2.45) is 0 Å². The van der Waals surface area contributed by atoms with E-state index in [9.17, 15) is 4.79 Å². The molecule has 0 aromatic carbocycles. The molecule has 0 N–H and O–H groups in total. The van der Waals surface area contributed by atoms with Gasteiger partial charge in [-0.3, -0.25) is 0 Å². The largest absolute Gasteiger partial charge is 0.464 e. The lowest BCUT2D eigenvalue weighted by atomic mass is 10.1. The average Bonchev–Trinajstić information content (AvgIpc) is 3.10. The first-order valence-corrected chi connectivity index (χ1v) is 7.42. The second kappa shape index (κ2) is 4.88. The normalized spacial score (nSPS) is 18.6. The minimum absolute atomic E-state index is 0.163. The van der Waals surface area contributed by atoms with Crippen molar-refractivity contribution >= 4 is 23.4 Å². The molecule has 1 saturated carbocycles. The maximum Gasteiger partial charge on any atom is 0.332 e. The van der Waals surface area contributed by atoms with Gasteiger partial charge in [-0.25, -0.2) is 14.8 Å². The van der Waals surface area contributed by atoms with Crippen molar-refractivity contribution in [1.29, 1.82) is 0 Å². The SMILES string of the molecule is CCOC(=O)C1(N(C)c2nc(Cl)nc3c2CCC3)CC1. The average molecular weight is 296 g/mol. The number of hydrogen-bond donors (Lipinski definition) is 0. The lowest BCUT2D eigenvalue weighted by Crippen LogP contribution is -2.43. The number of aromatic nitrogens is 2. The third kappa shape index (κ3) is 2.04. The fraction of sp³-hybridized carbons (Fsp3) is 0.643. The predicted molar refractivity (Wildman–Crippen MR) is 76.1 cm³/mol. The highest BCUT2D eigenvalue weighted by molar-refractivity contribution is 6.28. The number of esters is 1. The van der Waals surface area contributed by atoms with Gasteiger partial charge in [0.05, 0.1) is 12.3 Å². The van der Waals surface area contributed by atoms with E-state index in [2.05, 4.69) is 9.97 Å². The summed E-state index contributed by atoms with van der Waals surface area (Å²) in [6, 6.07) is 0. The number of rotatable bonds is 4. The highest BCUT2D eigenvalue weighted by Gasteiger charge is 2.56. The smallest absolute Gasteiger partial charge is 0.332 e. The molecule has 2 aliphatic carbocycles. The number of ether oxygens (including phenoxy) is 1. The van der Waals surface area contributed by atoms with E-state index in [1.54, 1.807) is 0 Å². The zero-order valence-electron chi connectivity index (χ0n) is 11.8. The van der Waals surface area contributed by atoms with Gasteiger partial charge in [-0.1, -0.05) is 0 Å². The van der Waals surface area contributed by atoms with Gasteiger partial charge in [0.1, 0.15) is 11.4 Å². The van der Waals surface area contributed by atoms with Crippen LogP contribution in [0.4, 0.5) is 5.82 Å². The lowest BCUT2D eigenvalue weighted by molar-refractivity contribution is -0.145. The summed E-state index contributed by atoms with van der Waals surface area (Å²) < 4.78 is 5.20. The highest BCUT2D eigenvalue weighted by atomic mass is 35.5. The topological polar surface area (TPSA) is 55.3 Å². The molecule has 0 amide bonds. The first-order valence-electron chi connectivity index (χ1n) is 7.05. The van der Waals surface area contributed by atoms with Crippen LogP contribution in [0.1, 0.15) is 37.4 Å². The van der Waals surface area contributed by atoms with Crippen molar-refractivity contribution in [3.8, 4) is 0 Å². The minimum atomic E-state index is -0.552. The van der Waals surface area contributed by atoms with Crippen LogP contribution in [0.25, 0.3) is 0 Å². The van der Waals surface area contributed by atoms with Crippen molar-refractivity contribution in [2.75, 3.05) is 18.6 Å². The minimum Gasteiger partial charge on any atom is -0.464 e. The van der Waals surface area contributed by atoms with Crippen molar-refractivity contribution in [3.05, 3.63) is 16.5 Å². The van der Waals surface area contributed by atoms with Crippen molar-refractivity contribution in [2.45, 2.75) is 44.6 Å². The molecular formula is C14H18ClN3O2. The molecule has 1 aromatic rings. The number of anilines is 1. The number of carbonyl (C=O) groups excluding carboxylic acids is 1. The second-order valence-electron chi connectivity index (χ2n) is 5.41. The number of halogens is 1. The third-order valence-corrected chi connectivity index (χ3v) is 4.39. The third-order valence-electron chi connectivity index (χ3n) is 4.22. The van der Waals surface area contributed by atoms with Crippen molar-refractivity contribution < 1.29 is 9.53 Å². The number of aryl methyl sites for hydroxylation is 1. The predicted octanol–water partition coefficient (Wildman–Crippen LogP) is 2.15. The van der Waals surface area contributed by atoms with Crippen LogP contribution in [0.3, 0.4) is 0 Å². The first kappa shape index (κ1) is 13.6. The Hall–Kier alpha value is -1.36. The van der Waals surface area contributed by atoms with E-state index >= 15 is 0 Å². The van der Waals surface area contributed by atoms with Gasteiger partial charge in [-0.15, -0.1) is 0 Å². The summed E-state index contributed by atoms with van der Waals surface area (Å²) in [7, 11) is 1.90. The standard InChI is InChI=1S/C14H18ClN3O2/c1-3-20-12(19)14(7-8-14)18(2)11-9-5-4-6-10(9)16-13(15)17-11/h3-8H2,1-2H3. The van der Waals surface area contributed by atoms with Crippen LogP contribution in [-0.4, -0.2) is 35.1 Å². The van der Waals surface area contributed by atoms with E-state index in [-0.39, 0.29) is 11.3 Å². The van der Waals surface area contributed by atoms with Gasteiger partial charge in [0.15, 0.2) is 0 Å². The molecule has 2 aliphatic rings. The molecule has 108 valence electrons. The number of carbonyl (C=O) groups is 1. The van der Waals surface area contributed by atoms with Crippen LogP contribution in [0.5, 0.6) is 0 Å². The van der Waals surface area contributed by atoms with E-state index < -0.39 is 5.54 Å². The molecule has 1 fully saturated rings. The molecule has 3 rings (SSSR count). The van der Waals surface area contributed by atoms with Gasteiger partial charge < -0.3 is 9.64 Å². The molecular weight excluding hydrogens is 278 g/mol. The van der Waals surface area contributed by atoms with Gasteiger partial charge in [0.25, 0.3) is 0 Å². The van der Waals surface area contributed by atoms with E-state index in [0.717, 1.165) is 49.2 Å². The summed E-state index contributed by atoms with van der Waals surface area (Å²) in [4.78, 5) is 22.8. The van der Waals surface area contributed by atoms with Gasteiger partial charge in [-0.05, 0) is 50.6 Å². The van der Waals surface area contributed by atoms with Crippen LogP contribution >= 0.6 is 11.6 Å². The molecule has 1 heterocycles. The van der Waals surface area contributed by atoms with E-state index in [1.165, 1.54) is 0 Å². The Labute approximate surface area is 123 Å². The summed E-state index contributed by atoms with van der Waals surface area (Å²) >= 11 is 6.02. The summed E-state index contributed by atoms with van der Waals surface area (Å²) in [6.45, 7) is 2.23. The Kier molecular flexibility index (Phi) is 3.32. The monoisotopic (exact) mass is 295 g/mol. The van der Waals surface area contributed by atoms with Gasteiger partial charge in [0.2, 0.25) is 5.28 Å². The summed E-state index contributed by atoms with van der Waals surface area (Å²) in [5.41, 5.74) is 1.60. The molecule has 0 aliphatic heterocycles. The van der Waals surface area contributed by atoms with Crippen LogP contribution in [0.15, 0.2) is 0 Å². The molecule has 0 atom stereocenters. The maximum absolute atomic E-state index is 12.2. The Bertz CT molecular complexity index is 558. The Morgan fingerprint density at radius 2 is 2.15 bits per heavy atom. The zero-order chi connectivity index (χ0) is 14.3. The van der Waals surface area contributed by atoms with E-state index in [0.29, 0.717) is 6.61 Å². The fourth-order valence-corrected chi connectivity index (χ4v) is 3.11. The van der Waals surface area contributed by atoms with Gasteiger partial charge in [-0.2, -0.15) is 0 Å². The number of fused-ring (bicyclic) bond motifs is 1. The van der Waals surface area contributed by atoms with Crippen LogP contribution in [0, 0.1) is 0 Å². The number of likely N-dealkylation sites (N-methyl/N-ethyl adjacent to an activating group) is 1. The molecule has 0 spiro atoms. The van der Waals surface area contributed by atoms with Crippen molar-refractivity contribution in [3.63, 3.8) is 0 Å². The van der Waals surface area contributed by atoms with E-state index in [1.807, 2.05) is 18.9 Å². The summed E-state index contributed by atoms with van der Waals surface area (Å²) in [5, 5.41) is 0.257. The Morgan fingerprint density at radius 3 is 2.80 bits per heavy atom. The lowest BCUT2D eigenvalue weighted by Gasteiger charge is -2.28. The molecule has 0 bridgehead atoms. The molecule has 20 heavy (non-hydrogen) atoms. The van der Waals surface area contributed by atoms with Crippen LogP contribution in [0.2, 0.25) is 5.28 Å². The quantitative estimate of drug-likeness (QED) is 0.629. The molecule has 0 saturated heterocycles. The molecule has 0 unspecified atom stereocenters. The number of hydrogen-bond acceptors (Lipinski definition) is 5. The second-order valence-corrected chi connectivity index (χ2v) is 5.74. The van der Waals surface area contributed by atoms with Crippen LogP contribution in [-0.2, 0) is 22.4 Å². The number of nitrogens with zero attached hydrogens (tertiary/aromatic N) is 3. The maximum atomic E-state index is 12.2. The Morgan fingerprint density at radius 1 is 1.40 bits per heavy atom. The molecule has 5 nitrogen and oxygen atoms in total. The Balaban J connectivity index is 1.96. The van der Waals surface area contributed by atoms with Gasteiger partial charge >= 0.3 is 5.97 Å². The summed E-state index contributed by atoms with van der Waals surface area (Å²) in [5.74, 6) is 0.632. The fourth-order valence-electron chi connectivity index (χ4n) is 2.92.